The normalized spacial score (nSPS) is 10.8. The van der Waals surface area contributed by atoms with Crippen molar-refractivity contribution >= 4 is 11.2 Å². The molecule has 2 aromatic heterocycles. The summed E-state index contributed by atoms with van der Waals surface area (Å²) in [5.74, 6) is 2.04. The highest BCUT2D eigenvalue weighted by atomic mass is 16.5. The topological polar surface area (TPSA) is 69.4 Å². The number of pyridine rings is 1. The van der Waals surface area contributed by atoms with Gasteiger partial charge in [0.15, 0.2) is 11.5 Å². The van der Waals surface area contributed by atoms with Gasteiger partial charge in [-0.05, 0) is 48.5 Å². The molecule has 0 aliphatic heterocycles. The number of ether oxygens (including phenoxy) is 2. The molecule has 1 N–H and O–H groups in total. The van der Waals surface area contributed by atoms with Crippen LogP contribution in [0.3, 0.4) is 0 Å². The van der Waals surface area contributed by atoms with Crippen LogP contribution in [0.25, 0.3) is 28.2 Å². The van der Waals surface area contributed by atoms with Crippen molar-refractivity contribution in [1.29, 1.82) is 0 Å². The number of hydrogen-bond donors (Lipinski definition) is 1. The smallest absolute Gasteiger partial charge is 0.164 e. The number of nitrogens with zero attached hydrogens (tertiary/aromatic N) is 3. The largest absolute Gasteiger partial charge is 0.507 e. The number of aromatic hydroxyl groups is 1. The molecule has 6 heteroatoms. The van der Waals surface area contributed by atoms with Gasteiger partial charge in [-0.25, -0.2) is 9.97 Å². The number of rotatable bonds is 4. The number of phenolic OH excluding ortho intramolecular Hbond substituents is 1. The Morgan fingerprint density at radius 2 is 1.65 bits per heavy atom. The lowest BCUT2D eigenvalue weighted by Gasteiger charge is -2.11. The molecule has 0 aliphatic rings. The van der Waals surface area contributed by atoms with Gasteiger partial charge in [-0.15, -0.1) is 0 Å². The van der Waals surface area contributed by atoms with E-state index in [2.05, 4.69) is 9.97 Å². The lowest BCUT2D eigenvalue weighted by molar-refractivity contribution is 0.408. The van der Waals surface area contributed by atoms with Crippen molar-refractivity contribution in [2.24, 2.45) is 0 Å². The number of methoxy groups -OCH3 is 2. The van der Waals surface area contributed by atoms with Crippen molar-refractivity contribution in [3.8, 4) is 34.3 Å². The third-order valence-corrected chi connectivity index (χ3v) is 4.19. The first kappa shape index (κ1) is 16.0. The maximum Gasteiger partial charge on any atom is 0.164 e. The number of hydrogen-bond acceptors (Lipinski definition) is 5. The van der Waals surface area contributed by atoms with E-state index in [1.165, 1.54) is 0 Å². The van der Waals surface area contributed by atoms with Crippen molar-refractivity contribution < 1.29 is 14.6 Å². The third kappa shape index (κ3) is 2.61. The van der Waals surface area contributed by atoms with Crippen LogP contribution >= 0.6 is 0 Å². The molecule has 26 heavy (non-hydrogen) atoms. The van der Waals surface area contributed by atoms with Crippen LogP contribution < -0.4 is 9.47 Å². The summed E-state index contributed by atoms with van der Waals surface area (Å²) >= 11 is 0. The summed E-state index contributed by atoms with van der Waals surface area (Å²) in [4.78, 5) is 9.16. The quantitative estimate of drug-likeness (QED) is 0.608. The molecule has 0 radical (unpaired) electrons. The van der Waals surface area contributed by atoms with E-state index in [0.717, 1.165) is 17.0 Å². The Morgan fingerprint density at radius 1 is 0.923 bits per heavy atom. The second kappa shape index (κ2) is 6.40. The summed E-state index contributed by atoms with van der Waals surface area (Å²) in [6.45, 7) is 0. The Morgan fingerprint density at radius 3 is 2.35 bits per heavy atom. The number of aromatic nitrogens is 3. The molecule has 0 fully saturated rings. The van der Waals surface area contributed by atoms with Gasteiger partial charge < -0.3 is 14.6 Å². The van der Waals surface area contributed by atoms with Crippen LogP contribution in [-0.4, -0.2) is 33.9 Å². The number of phenols is 1. The highest BCUT2D eigenvalue weighted by molar-refractivity contribution is 5.81. The Balaban J connectivity index is 1.97. The van der Waals surface area contributed by atoms with Gasteiger partial charge in [-0.1, -0.05) is 0 Å². The number of benzene rings is 2. The molecule has 4 aromatic rings. The van der Waals surface area contributed by atoms with Crippen LogP contribution in [0.5, 0.6) is 17.2 Å². The van der Waals surface area contributed by atoms with E-state index in [0.29, 0.717) is 22.8 Å². The van der Waals surface area contributed by atoms with Crippen molar-refractivity contribution in [3.63, 3.8) is 0 Å². The number of fused-ring (bicyclic) bond motifs is 1. The van der Waals surface area contributed by atoms with E-state index >= 15 is 0 Å². The lowest BCUT2D eigenvalue weighted by Crippen LogP contribution is -1.99. The van der Waals surface area contributed by atoms with E-state index in [9.17, 15) is 5.11 Å². The molecule has 2 aromatic carbocycles. The van der Waals surface area contributed by atoms with E-state index in [1.54, 1.807) is 38.6 Å². The summed E-state index contributed by atoms with van der Waals surface area (Å²) in [5, 5.41) is 10.5. The summed E-state index contributed by atoms with van der Waals surface area (Å²) in [6.07, 6.45) is 1.72. The molecule has 2 heterocycles. The minimum Gasteiger partial charge on any atom is -0.507 e. The highest BCUT2D eigenvalue weighted by Gasteiger charge is 2.18. The summed E-state index contributed by atoms with van der Waals surface area (Å²) in [7, 11) is 3.19. The summed E-state index contributed by atoms with van der Waals surface area (Å²) in [5.41, 5.74) is 2.92. The average Bonchev–Trinajstić information content (AvgIpc) is 3.07. The average molecular weight is 347 g/mol. The molecule has 0 atom stereocenters. The zero-order chi connectivity index (χ0) is 18.1. The van der Waals surface area contributed by atoms with Gasteiger partial charge >= 0.3 is 0 Å². The minimum absolute atomic E-state index is 0.0921. The van der Waals surface area contributed by atoms with Crippen LogP contribution in [0.15, 0.2) is 60.8 Å². The van der Waals surface area contributed by atoms with Crippen molar-refractivity contribution in [2.45, 2.75) is 0 Å². The van der Waals surface area contributed by atoms with Gasteiger partial charge in [0.2, 0.25) is 0 Å². The maximum atomic E-state index is 10.5. The molecule has 130 valence electrons. The lowest BCUT2D eigenvalue weighted by atomic mass is 10.1. The fraction of sp³-hybridized carbons (Fsp3) is 0.100. The van der Waals surface area contributed by atoms with E-state index in [1.807, 2.05) is 41.0 Å². The van der Waals surface area contributed by atoms with Crippen molar-refractivity contribution in [1.82, 2.24) is 14.5 Å². The third-order valence-electron chi connectivity index (χ3n) is 4.19. The van der Waals surface area contributed by atoms with E-state index in [-0.39, 0.29) is 5.75 Å². The second-order valence-corrected chi connectivity index (χ2v) is 5.70. The van der Waals surface area contributed by atoms with Crippen LogP contribution in [0.4, 0.5) is 0 Å². The minimum atomic E-state index is 0.0921. The predicted molar refractivity (Wildman–Crippen MR) is 99.1 cm³/mol. The Labute approximate surface area is 150 Å². The van der Waals surface area contributed by atoms with Crippen molar-refractivity contribution in [2.75, 3.05) is 14.2 Å². The first-order valence-electron chi connectivity index (χ1n) is 8.06. The van der Waals surface area contributed by atoms with Crippen LogP contribution in [0.1, 0.15) is 0 Å². The summed E-state index contributed by atoms with van der Waals surface area (Å²) < 4.78 is 12.3. The fourth-order valence-electron chi connectivity index (χ4n) is 2.90. The fourth-order valence-corrected chi connectivity index (χ4v) is 2.90. The standard InChI is InChI=1S/C20H17N3O3/c1-25-14-7-5-13(6-8-14)23-19(22-17-4-3-11-21-20(17)23)16-10-9-15(26-2)12-18(16)24/h3-12,24H,1-2H3. The first-order chi connectivity index (χ1) is 12.7. The molecule has 0 amide bonds. The molecule has 0 unspecified atom stereocenters. The van der Waals surface area contributed by atoms with Gasteiger partial charge in [0.25, 0.3) is 0 Å². The molecule has 0 bridgehead atoms. The highest BCUT2D eigenvalue weighted by Crippen LogP contribution is 2.35. The Kier molecular flexibility index (Phi) is 3.93. The van der Waals surface area contributed by atoms with Crippen LogP contribution in [0.2, 0.25) is 0 Å². The first-order valence-corrected chi connectivity index (χ1v) is 8.06. The molecule has 4 rings (SSSR count). The van der Waals surface area contributed by atoms with Gasteiger partial charge in [0, 0.05) is 18.0 Å². The SMILES string of the molecule is COc1ccc(-n2c(-c3ccc(OC)cc3O)nc3cccnc32)cc1. The van der Waals surface area contributed by atoms with Crippen LogP contribution in [-0.2, 0) is 0 Å². The molecule has 0 saturated carbocycles. The van der Waals surface area contributed by atoms with Crippen LogP contribution in [0, 0.1) is 0 Å². The molecule has 6 nitrogen and oxygen atoms in total. The number of imidazole rings is 1. The molecular weight excluding hydrogens is 330 g/mol. The van der Waals surface area contributed by atoms with Gasteiger partial charge in [-0.2, -0.15) is 0 Å². The predicted octanol–water partition coefficient (Wildman–Crippen LogP) is 3.81. The van der Waals surface area contributed by atoms with Crippen molar-refractivity contribution in [3.05, 3.63) is 60.8 Å². The zero-order valence-electron chi connectivity index (χ0n) is 14.4. The van der Waals surface area contributed by atoms with Gasteiger partial charge in [-0.3, -0.25) is 4.57 Å². The van der Waals surface area contributed by atoms with E-state index < -0.39 is 0 Å². The second-order valence-electron chi connectivity index (χ2n) is 5.70. The molecule has 0 aliphatic carbocycles. The summed E-state index contributed by atoms with van der Waals surface area (Å²) in [6, 6.07) is 16.5. The maximum absolute atomic E-state index is 10.5. The zero-order valence-corrected chi connectivity index (χ0v) is 14.4. The molecular formula is C20H17N3O3. The Bertz CT molecular complexity index is 1070. The molecule has 0 saturated heterocycles. The monoisotopic (exact) mass is 347 g/mol. The van der Waals surface area contributed by atoms with Gasteiger partial charge in [0.05, 0.1) is 19.8 Å². The molecule has 0 spiro atoms. The van der Waals surface area contributed by atoms with E-state index in [4.69, 9.17) is 9.47 Å². The van der Waals surface area contributed by atoms with Gasteiger partial charge in [0.1, 0.15) is 22.8 Å². The Hall–Kier alpha value is -3.54.